The number of rotatable bonds is 4. The highest BCUT2D eigenvalue weighted by atomic mass is 16.5. The van der Waals surface area contributed by atoms with Gasteiger partial charge in [-0.2, -0.15) is 4.98 Å². The van der Waals surface area contributed by atoms with Crippen LogP contribution < -0.4 is 5.73 Å². The van der Waals surface area contributed by atoms with Crippen LogP contribution in [0.5, 0.6) is 0 Å². The molecular formula is C14H18N4O. The van der Waals surface area contributed by atoms with E-state index in [1.807, 2.05) is 25.1 Å². The van der Waals surface area contributed by atoms with Crippen molar-refractivity contribution >= 4 is 0 Å². The standard InChI is InChI=1S/C14H18N4O/c1-10-4-2-5-11(16-10)13-17-12(19-18-13)8-14(9-15)6-3-7-14/h2,4-5H,3,6-9,15H2,1H3. The summed E-state index contributed by atoms with van der Waals surface area (Å²) in [5.41, 5.74) is 7.74. The average molecular weight is 258 g/mol. The molecule has 2 aromatic heterocycles. The molecule has 2 aromatic rings. The number of hydrogen-bond donors (Lipinski definition) is 1. The Morgan fingerprint density at radius 2 is 2.16 bits per heavy atom. The van der Waals surface area contributed by atoms with Crippen LogP contribution in [-0.4, -0.2) is 21.7 Å². The van der Waals surface area contributed by atoms with Gasteiger partial charge in [0.15, 0.2) is 0 Å². The molecule has 0 radical (unpaired) electrons. The summed E-state index contributed by atoms with van der Waals surface area (Å²) < 4.78 is 5.34. The van der Waals surface area contributed by atoms with Gasteiger partial charge in [-0.25, -0.2) is 4.98 Å². The summed E-state index contributed by atoms with van der Waals surface area (Å²) >= 11 is 0. The molecule has 1 saturated carbocycles. The van der Waals surface area contributed by atoms with E-state index >= 15 is 0 Å². The van der Waals surface area contributed by atoms with E-state index in [2.05, 4.69) is 15.1 Å². The smallest absolute Gasteiger partial charge is 0.227 e. The molecule has 2 N–H and O–H groups in total. The maximum absolute atomic E-state index is 5.85. The van der Waals surface area contributed by atoms with Gasteiger partial charge >= 0.3 is 0 Å². The Labute approximate surface area is 112 Å². The van der Waals surface area contributed by atoms with E-state index in [0.717, 1.165) is 30.7 Å². The average Bonchev–Trinajstić information content (AvgIpc) is 2.82. The minimum Gasteiger partial charge on any atom is -0.339 e. The van der Waals surface area contributed by atoms with Crippen molar-refractivity contribution in [1.82, 2.24) is 15.1 Å². The summed E-state index contributed by atoms with van der Waals surface area (Å²) in [7, 11) is 0. The van der Waals surface area contributed by atoms with Crippen molar-refractivity contribution in [3.05, 3.63) is 29.8 Å². The second kappa shape index (κ2) is 4.74. The Bertz CT molecular complexity index is 569. The van der Waals surface area contributed by atoms with Crippen molar-refractivity contribution < 1.29 is 4.52 Å². The quantitative estimate of drug-likeness (QED) is 0.908. The molecule has 5 nitrogen and oxygen atoms in total. The van der Waals surface area contributed by atoms with E-state index in [1.54, 1.807) is 0 Å². The van der Waals surface area contributed by atoms with Crippen LogP contribution in [0.3, 0.4) is 0 Å². The van der Waals surface area contributed by atoms with Gasteiger partial charge in [0.25, 0.3) is 0 Å². The number of nitrogens with two attached hydrogens (primary N) is 1. The second-order valence-electron chi connectivity index (χ2n) is 5.41. The predicted octanol–water partition coefficient (Wildman–Crippen LogP) is 2.11. The zero-order valence-corrected chi connectivity index (χ0v) is 11.1. The minimum atomic E-state index is 0.184. The highest BCUT2D eigenvalue weighted by Gasteiger charge is 2.37. The first kappa shape index (κ1) is 12.3. The molecule has 2 heterocycles. The molecule has 0 saturated heterocycles. The fourth-order valence-corrected chi connectivity index (χ4v) is 2.55. The van der Waals surface area contributed by atoms with Gasteiger partial charge in [0.2, 0.25) is 11.7 Å². The maximum atomic E-state index is 5.85. The minimum absolute atomic E-state index is 0.184. The number of aromatic nitrogens is 3. The van der Waals surface area contributed by atoms with E-state index in [0.29, 0.717) is 18.3 Å². The molecule has 0 unspecified atom stereocenters. The van der Waals surface area contributed by atoms with Crippen molar-refractivity contribution in [2.45, 2.75) is 32.6 Å². The van der Waals surface area contributed by atoms with Gasteiger partial charge in [0.1, 0.15) is 5.69 Å². The largest absolute Gasteiger partial charge is 0.339 e. The van der Waals surface area contributed by atoms with Crippen LogP contribution in [0.1, 0.15) is 30.8 Å². The molecule has 0 spiro atoms. The van der Waals surface area contributed by atoms with Crippen molar-refractivity contribution in [2.24, 2.45) is 11.1 Å². The SMILES string of the molecule is Cc1cccc(-c2noc(CC3(CN)CCC3)n2)n1. The Kier molecular flexibility index (Phi) is 3.06. The van der Waals surface area contributed by atoms with Crippen molar-refractivity contribution in [2.75, 3.05) is 6.54 Å². The molecule has 1 fully saturated rings. The number of aryl methyl sites for hydroxylation is 1. The normalized spacial score (nSPS) is 17.2. The highest BCUT2D eigenvalue weighted by molar-refractivity contribution is 5.47. The van der Waals surface area contributed by atoms with Gasteiger partial charge in [-0.15, -0.1) is 0 Å². The monoisotopic (exact) mass is 258 g/mol. The van der Waals surface area contributed by atoms with Gasteiger partial charge in [0, 0.05) is 12.1 Å². The third kappa shape index (κ3) is 2.38. The maximum Gasteiger partial charge on any atom is 0.227 e. The van der Waals surface area contributed by atoms with Crippen LogP contribution in [0.15, 0.2) is 22.7 Å². The Hall–Kier alpha value is -1.75. The molecule has 0 bridgehead atoms. The molecule has 0 aliphatic heterocycles. The summed E-state index contributed by atoms with van der Waals surface area (Å²) in [6.45, 7) is 2.63. The van der Waals surface area contributed by atoms with Gasteiger partial charge in [-0.05, 0) is 43.9 Å². The fraction of sp³-hybridized carbons (Fsp3) is 0.500. The van der Waals surface area contributed by atoms with Crippen LogP contribution in [-0.2, 0) is 6.42 Å². The van der Waals surface area contributed by atoms with Crippen molar-refractivity contribution in [1.29, 1.82) is 0 Å². The van der Waals surface area contributed by atoms with Crippen molar-refractivity contribution in [3.63, 3.8) is 0 Å². The molecule has 0 amide bonds. The zero-order valence-electron chi connectivity index (χ0n) is 11.1. The number of pyridine rings is 1. The first-order valence-corrected chi connectivity index (χ1v) is 6.67. The highest BCUT2D eigenvalue weighted by Crippen LogP contribution is 2.42. The second-order valence-corrected chi connectivity index (χ2v) is 5.41. The van der Waals surface area contributed by atoms with E-state index in [4.69, 9.17) is 10.3 Å². The summed E-state index contributed by atoms with van der Waals surface area (Å²) in [5, 5.41) is 4.01. The van der Waals surface area contributed by atoms with Crippen LogP contribution in [0, 0.1) is 12.3 Å². The summed E-state index contributed by atoms with van der Waals surface area (Å²) in [4.78, 5) is 8.84. The van der Waals surface area contributed by atoms with E-state index in [1.165, 1.54) is 6.42 Å². The summed E-state index contributed by atoms with van der Waals surface area (Å²) in [5.74, 6) is 1.23. The molecule has 0 aromatic carbocycles. The summed E-state index contributed by atoms with van der Waals surface area (Å²) in [6, 6.07) is 5.78. The van der Waals surface area contributed by atoms with Crippen LogP contribution in [0.2, 0.25) is 0 Å². The van der Waals surface area contributed by atoms with Gasteiger partial charge < -0.3 is 10.3 Å². The Balaban J connectivity index is 1.80. The van der Waals surface area contributed by atoms with E-state index < -0.39 is 0 Å². The Morgan fingerprint density at radius 1 is 1.32 bits per heavy atom. The summed E-state index contributed by atoms with van der Waals surface area (Å²) in [6.07, 6.45) is 4.34. The molecule has 1 aliphatic carbocycles. The third-order valence-corrected chi connectivity index (χ3v) is 3.96. The Morgan fingerprint density at radius 3 is 2.79 bits per heavy atom. The van der Waals surface area contributed by atoms with Gasteiger partial charge in [-0.3, -0.25) is 0 Å². The van der Waals surface area contributed by atoms with Crippen LogP contribution >= 0.6 is 0 Å². The third-order valence-electron chi connectivity index (χ3n) is 3.96. The van der Waals surface area contributed by atoms with Gasteiger partial charge in [-0.1, -0.05) is 17.6 Å². The lowest BCUT2D eigenvalue weighted by Gasteiger charge is -2.39. The van der Waals surface area contributed by atoms with Gasteiger partial charge in [0.05, 0.1) is 0 Å². The fourth-order valence-electron chi connectivity index (χ4n) is 2.55. The predicted molar refractivity (Wildman–Crippen MR) is 71.3 cm³/mol. The van der Waals surface area contributed by atoms with E-state index in [-0.39, 0.29) is 5.41 Å². The first-order valence-electron chi connectivity index (χ1n) is 6.67. The molecule has 19 heavy (non-hydrogen) atoms. The first-order chi connectivity index (χ1) is 9.21. The molecule has 5 heteroatoms. The lowest BCUT2D eigenvalue weighted by atomic mass is 9.67. The molecule has 100 valence electrons. The van der Waals surface area contributed by atoms with E-state index in [9.17, 15) is 0 Å². The van der Waals surface area contributed by atoms with Crippen LogP contribution in [0.4, 0.5) is 0 Å². The molecule has 3 rings (SSSR count). The lowest BCUT2D eigenvalue weighted by molar-refractivity contribution is 0.129. The number of nitrogens with zero attached hydrogens (tertiary/aromatic N) is 3. The molecule has 0 atom stereocenters. The zero-order chi connectivity index (χ0) is 13.3. The molecular weight excluding hydrogens is 240 g/mol. The van der Waals surface area contributed by atoms with Crippen LogP contribution in [0.25, 0.3) is 11.5 Å². The number of hydrogen-bond acceptors (Lipinski definition) is 5. The topological polar surface area (TPSA) is 77.8 Å². The van der Waals surface area contributed by atoms with Crippen molar-refractivity contribution in [3.8, 4) is 11.5 Å². The molecule has 1 aliphatic rings. The lowest BCUT2D eigenvalue weighted by Crippen LogP contribution is -2.39.